The molecule has 1 heterocycles. The molecule has 0 unspecified atom stereocenters. The Morgan fingerprint density at radius 3 is 2.62 bits per heavy atom. The van der Waals surface area contributed by atoms with Crippen molar-refractivity contribution in [2.75, 3.05) is 5.32 Å². The van der Waals surface area contributed by atoms with Gasteiger partial charge < -0.3 is 9.84 Å². The molecular formula is C17H18N2O2. The minimum atomic E-state index is -0.318. The van der Waals surface area contributed by atoms with Gasteiger partial charge in [-0.05, 0) is 24.6 Å². The average molecular weight is 282 g/mol. The lowest BCUT2D eigenvalue weighted by Crippen LogP contribution is -2.13. The number of carbonyl (C=O) groups is 1. The lowest BCUT2D eigenvalue weighted by atomic mass is 9.93. The van der Waals surface area contributed by atoms with E-state index < -0.39 is 0 Å². The molecule has 0 spiro atoms. The molecule has 108 valence electrons. The summed E-state index contributed by atoms with van der Waals surface area (Å²) in [5, 5.41) is 6.58. The van der Waals surface area contributed by atoms with Gasteiger partial charge in [0.2, 0.25) is 0 Å². The Morgan fingerprint density at radius 1 is 1.33 bits per heavy atom. The van der Waals surface area contributed by atoms with Crippen LogP contribution >= 0.6 is 0 Å². The van der Waals surface area contributed by atoms with Crippen LogP contribution in [-0.2, 0) is 5.41 Å². The predicted octanol–water partition coefficient (Wildman–Crippen LogP) is 3.51. The summed E-state index contributed by atoms with van der Waals surface area (Å²) in [6, 6.07) is 7.09. The van der Waals surface area contributed by atoms with Gasteiger partial charge in [-0.3, -0.25) is 4.79 Å². The summed E-state index contributed by atoms with van der Waals surface area (Å²) in [5.41, 5.74) is 2.45. The number of terminal acetylenes is 1. The van der Waals surface area contributed by atoms with E-state index in [2.05, 4.69) is 16.4 Å². The number of aromatic nitrogens is 1. The number of hydrogen-bond donors (Lipinski definition) is 1. The fraction of sp³-hybridized carbons (Fsp3) is 0.294. The van der Waals surface area contributed by atoms with E-state index in [9.17, 15) is 4.79 Å². The summed E-state index contributed by atoms with van der Waals surface area (Å²) in [6.07, 6.45) is 5.42. The van der Waals surface area contributed by atoms with E-state index in [-0.39, 0.29) is 17.0 Å². The van der Waals surface area contributed by atoms with Gasteiger partial charge in [-0.1, -0.05) is 37.9 Å². The van der Waals surface area contributed by atoms with Crippen LogP contribution in [0.3, 0.4) is 0 Å². The normalized spacial score (nSPS) is 11.0. The molecule has 0 bridgehead atoms. The van der Waals surface area contributed by atoms with Crippen molar-refractivity contribution in [3.8, 4) is 12.3 Å². The van der Waals surface area contributed by atoms with Crippen molar-refractivity contribution in [2.45, 2.75) is 33.1 Å². The first-order valence-electron chi connectivity index (χ1n) is 6.67. The molecule has 0 saturated carbocycles. The molecule has 1 aromatic heterocycles. The minimum absolute atomic E-state index is 0.188. The molecule has 2 rings (SSSR count). The number of benzene rings is 1. The number of anilines is 1. The molecule has 1 amide bonds. The molecule has 0 atom stereocenters. The third-order valence-electron chi connectivity index (χ3n) is 3.13. The van der Waals surface area contributed by atoms with Crippen LogP contribution in [-0.4, -0.2) is 11.1 Å². The number of rotatable bonds is 2. The molecule has 4 heteroatoms. The SMILES string of the molecule is C#Cc1cc(NC(=O)c2cc(C(C)(C)C)on2)ccc1C. The van der Waals surface area contributed by atoms with E-state index in [1.54, 1.807) is 18.2 Å². The number of nitrogens with one attached hydrogen (secondary N) is 1. The van der Waals surface area contributed by atoms with Gasteiger partial charge >= 0.3 is 0 Å². The molecule has 4 nitrogen and oxygen atoms in total. The van der Waals surface area contributed by atoms with Crippen LogP contribution in [0.25, 0.3) is 0 Å². The molecule has 0 saturated heterocycles. The summed E-state index contributed by atoms with van der Waals surface area (Å²) in [4.78, 5) is 12.2. The first-order valence-corrected chi connectivity index (χ1v) is 6.67. The topological polar surface area (TPSA) is 55.1 Å². The van der Waals surface area contributed by atoms with E-state index in [0.717, 1.165) is 11.1 Å². The molecule has 2 aromatic rings. The van der Waals surface area contributed by atoms with Crippen molar-refractivity contribution in [2.24, 2.45) is 0 Å². The monoisotopic (exact) mass is 282 g/mol. The lowest BCUT2D eigenvalue weighted by Gasteiger charge is -2.12. The van der Waals surface area contributed by atoms with Crippen molar-refractivity contribution in [3.05, 3.63) is 46.8 Å². The zero-order valence-electron chi connectivity index (χ0n) is 12.7. The standard InChI is InChI=1S/C17H18N2O2/c1-6-12-9-13(8-7-11(12)2)18-16(20)14-10-15(21-19-14)17(3,4)5/h1,7-10H,2-5H3,(H,18,20). The van der Waals surface area contributed by atoms with Crippen LogP contribution in [0.4, 0.5) is 5.69 Å². The largest absolute Gasteiger partial charge is 0.360 e. The molecule has 0 radical (unpaired) electrons. The number of amides is 1. The summed E-state index contributed by atoms with van der Waals surface area (Å²) >= 11 is 0. The van der Waals surface area contributed by atoms with Crippen molar-refractivity contribution < 1.29 is 9.32 Å². The highest BCUT2D eigenvalue weighted by molar-refractivity contribution is 6.02. The van der Waals surface area contributed by atoms with Crippen molar-refractivity contribution >= 4 is 11.6 Å². The maximum Gasteiger partial charge on any atom is 0.277 e. The van der Waals surface area contributed by atoms with Gasteiger partial charge in [-0.15, -0.1) is 6.42 Å². The molecule has 1 N–H and O–H groups in total. The number of aryl methyl sites for hydroxylation is 1. The second kappa shape index (κ2) is 5.45. The van der Waals surface area contributed by atoms with Gasteiger partial charge in [0.25, 0.3) is 5.91 Å². The second-order valence-electron chi connectivity index (χ2n) is 5.95. The van der Waals surface area contributed by atoms with E-state index in [0.29, 0.717) is 11.4 Å². The maximum atomic E-state index is 12.2. The fourth-order valence-electron chi connectivity index (χ4n) is 1.79. The first-order chi connectivity index (χ1) is 9.81. The summed E-state index contributed by atoms with van der Waals surface area (Å²) < 4.78 is 5.21. The van der Waals surface area contributed by atoms with Crippen LogP contribution in [0.1, 0.15) is 48.1 Å². The van der Waals surface area contributed by atoms with Crippen molar-refractivity contribution in [1.82, 2.24) is 5.16 Å². The fourth-order valence-corrected chi connectivity index (χ4v) is 1.79. The van der Waals surface area contributed by atoms with Crippen LogP contribution in [0.2, 0.25) is 0 Å². The van der Waals surface area contributed by atoms with Gasteiger partial charge in [0.05, 0.1) is 0 Å². The highest BCUT2D eigenvalue weighted by atomic mass is 16.5. The molecule has 0 aliphatic heterocycles. The predicted molar refractivity (Wildman–Crippen MR) is 82.3 cm³/mol. The minimum Gasteiger partial charge on any atom is -0.360 e. The lowest BCUT2D eigenvalue weighted by molar-refractivity contribution is 0.101. The van der Waals surface area contributed by atoms with Gasteiger partial charge in [0.1, 0.15) is 5.76 Å². The highest BCUT2D eigenvalue weighted by Crippen LogP contribution is 2.23. The molecule has 1 aromatic carbocycles. The Bertz CT molecular complexity index is 715. The Kier molecular flexibility index (Phi) is 3.86. The van der Waals surface area contributed by atoms with Gasteiger partial charge in [-0.2, -0.15) is 0 Å². The van der Waals surface area contributed by atoms with E-state index in [4.69, 9.17) is 10.9 Å². The Labute approximate surface area is 124 Å². The van der Waals surface area contributed by atoms with Gasteiger partial charge in [-0.25, -0.2) is 0 Å². The zero-order valence-corrected chi connectivity index (χ0v) is 12.7. The summed E-state index contributed by atoms with van der Waals surface area (Å²) in [7, 11) is 0. The van der Waals surface area contributed by atoms with E-state index in [1.807, 2.05) is 33.8 Å². The Balaban J connectivity index is 2.19. The second-order valence-corrected chi connectivity index (χ2v) is 5.95. The van der Waals surface area contributed by atoms with Crippen LogP contribution in [0, 0.1) is 19.3 Å². The number of carbonyl (C=O) groups excluding carboxylic acids is 1. The van der Waals surface area contributed by atoms with Crippen LogP contribution in [0.5, 0.6) is 0 Å². The molecule has 0 aliphatic carbocycles. The average Bonchev–Trinajstić information content (AvgIpc) is 2.90. The van der Waals surface area contributed by atoms with Gasteiger partial charge in [0, 0.05) is 22.7 Å². The van der Waals surface area contributed by atoms with Crippen molar-refractivity contribution in [1.29, 1.82) is 0 Å². The smallest absolute Gasteiger partial charge is 0.277 e. The molecular weight excluding hydrogens is 264 g/mol. The molecule has 0 aliphatic rings. The third kappa shape index (κ3) is 3.32. The molecule has 21 heavy (non-hydrogen) atoms. The van der Waals surface area contributed by atoms with Gasteiger partial charge in [0.15, 0.2) is 5.69 Å². The number of nitrogens with zero attached hydrogens (tertiary/aromatic N) is 1. The zero-order chi connectivity index (χ0) is 15.6. The molecule has 0 fully saturated rings. The quantitative estimate of drug-likeness (QED) is 0.857. The highest BCUT2D eigenvalue weighted by Gasteiger charge is 2.22. The Morgan fingerprint density at radius 2 is 2.05 bits per heavy atom. The number of hydrogen-bond acceptors (Lipinski definition) is 3. The van der Waals surface area contributed by atoms with Crippen molar-refractivity contribution in [3.63, 3.8) is 0 Å². The Hall–Kier alpha value is -2.54. The summed E-state index contributed by atoms with van der Waals surface area (Å²) in [5.74, 6) is 2.94. The van der Waals surface area contributed by atoms with E-state index >= 15 is 0 Å². The summed E-state index contributed by atoms with van der Waals surface area (Å²) in [6.45, 7) is 7.91. The third-order valence-corrected chi connectivity index (χ3v) is 3.13. The van der Waals surface area contributed by atoms with Crippen LogP contribution in [0.15, 0.2) is 28.8 Å². The first kappa shape index (κ1) is 14.9. The van der Waals surface area contributed by atoms with Crippen LogP contribution < -0.4 is 5.32 Å². The van der Waals surface area contributed by atoms with E-state index in [1.165, 1.54) is 0 Å². The maximum absolute atomic E-state index is 12.2.